The molecule has 7 heteroatoms. The molecule has 18 heavy (non-hydrogen) atoms. The van der Waals surface area contributed by atoms with Crippen LogP contribution in [0.1, 0.15) is 26.5 Å². The van der Waals surface area contributed by atoms with Crippen LogP contribution in [-0.4, -0.2) is 32.3 Å². The van der Waals surface area contributed by atoms with E-state index in [4.69, 9.17) is 0 Å². The quantitative estimate of drug-likeness (QED) is 0.610. The molecule has 1 aromatic heterocycles. The number of hydrogen-bond acceptors (Lipinski definition) is 5. The fourth-order valence-corrected chi connectivity index (χ4v) is 2.40. The summed E-state index contributed by atoms with van der Waals surface area (Å²) in [5.41, 5.74) is 0.546. The Morgan fingerprint density at radius 2 is 2.22 bits per heavy atom. The molecule has 6 nitrogen and oxygen atoms in total. The number of hydrogen-bond donors (Lipinski definition) is 1. The van der Waals surface area contributed by atoms with Crippen LogP contribution in [0.2, 0.25) is 0 Å². The number of rotatable bonds is 7. The molecule has 0 aromatic carbocycles. The fraction of sp³-hybridized carbons (Fsp3) is 0.727. The van der Waals surface area contributed by atoms with Crippen LogP contribution in [-0.2, 0) is 6.54 Å². The number of thioether (sulfide) groups is 1. The number of nitrogens with one attached hydrogen (secondary N) is 1. The van der Waals surface area contributed by atoms with E-state index >= 15 is 0 Å². The van der Waals surface area contributed by atoms with E-state index in [1.807, 2.05) is 25.6 Å². The van der Waals surface area contributed by atoms with Gasteiger partial charge in [0.1, 0.15) is 5.69 Å². The SMILES string of the molecule is CCSCC(C)Nc1c([N+](=O)[O-])c(C)nn1CC. The first-order valence-electron chi connectivity index (χ1n) is 6.07. The van der Waals surface area contributed by atoms with Gasteiger partial charge in [-0.1, -0.05) is 6.92 Å². The second kappa shape index (κ2) is 6.63. The molecule has 1 N–H and O–H groups in total. The average molecular weight is 272 g/mol. The van der Waals surface area contributed by atoms with Gasteiger partial charge in [-0.3, -0.25) is 10.1 Å². The summed E-state index contributed by atoms with van der Waals surface area (Å²) < 4.78 is 1.65. The molecule has 1 unspecified atom stereocenters. The lowest BCUT2D eigenvalue weighted by molar-refractivity contribution is -0.384. The van der Waals surface area contributed by atoms with Crippen molar-refractivity contribution in [2.45, 2.75) is 40.3 Å². The van der Waals surface area contributed by atoms with Gasteiger partial charge >= 0.3 is 5.69 Å². The van der Waals surface area contributed by atoms with Crippen LogP contribution in [0.25, 0.3) is 0 Å². The molecule has 1 atom stereocenters. The molecule has 0 aliphatic carbocycles. The fourth-order valence-electron chi connectivity index (χ4n) is 1.73. The zero-order chi connectivity index (χ0) is 13.7. The number of nitrogens with zero attached hydrogens (tertiary/aromatic N) is 3. The largest absolute Gasteiger partial charge is 0.361 e. The smallest absolute Gasteiger partial charge is 0.333 e. The molecule has 0 radical (unpaired) electrons. The lowest BCUT2D eigenvalue weighted by Crippen LogP contribution is -2.21. The van der Waals surface area contributed by atoms with Crippen LogP contribution >= 0.6 is 11.8 Å². The van der Waals surface area contributed by atoms with Crippen molar-refractivity contribution in [3.05, 3.63) is 15.8 Å². The number of aromatic nitrogens is 2. The van der Waals surface area contributed by atoms with E-state index in [2.05, 4.69) is 17.3 Å². The van der Waals surface area contributed by atoms with Crippen molar-refractivity contribution in [3.63, 3.8) is 0 Å². The molecule has 0 saturated carbocycles. The molecule has 0 saturated heterocycles. The number of anilines is 1. The van der Waals surface area contributed by atoms with Gasteiger partial charge in [0.2, 0.25) is 5.82 Å². The highest BCUT2D eigenvalue weighted by atomic mass is 32.2. The van der Waals surface area contributed by atoms with E-state index in [0.717, 1.165) is 11.5 Å². The van der Waals surface area contributed by atoms with E-state index in [1.165, 1.54) is 0 Å². The summed E-state index contributed by atoms with van der Waals surface area (Å²) in [5, 5.41) is 18.5. The van der Waals surface area contributed by atoms with E-state index < -0.39 is 0 Å². The van der Waals surface area contributed by atoms with Gasteiger partial charge in [-0.25, -0.2) is 4.68 Å². The lowest BCUT2D eigenvalue weighted by Gasteiger charge is -2.14. The van der Waals surface area contributed by atoms with Crippen LogP contribution < -0.4 is 5.32 Å². The van der Waals surface area contributed by atoms with Gasteiger partial charge in [-0.05, 0) is 26.5 Å². The topological polar surface area (TPSA) is 73.0 Å². The van der Waals surface area contributed by atoms with Gasteiger partial charge in [0.25, 0.3) is 0 Å². The van der Waals surface area contributed by atoms with E-state index in [1.54, 1.807) is 11.6 Å². The lowest BCUT2D eigenvalue weighted by atomic mass is 10.3. The van der Waals surface area contributed by atoms with Crippen LogP contribution in [0.15, 0.2) is 0 Å². The Morgan fingerprint density at radius 1 is 1.56 bits per heavy atom. The van der Waals surface area contributed by atoms with Crippen molar-refractivity contribution in [1.29, 1.82) is 0 Å². The first kappa shape index (κ1) is 14.8. The maximum absolute atomic E-state index is 11.1. The zero-order valence-electron chi connectivity index (χ0n) is 11.3. The van der Waals surface area contributed by atoms with E-state index in [0.29, 0.717) is 18.1 Å². The molecule has 0 fully saturated rings. The summed E-state index contributed by atoms with van der Waals surface area (Å²) in [5.74, 6) is 2.48. The maximum atomic E-state index is 11.1. The predicted molar refractivity (Wildman–Crippen MR) is 75.4 cm³/mol. The van der Waals surface area contributed by atoms with Crippen LogP contribution in [0, 0.1) is 17.0 Å². The third-order valence-corrected chi connectivity index (χ3v) is 3.68. The van der Waals surface area contributed by atoms with Crippen molar-refractivity contribution >= 4 is 23.3 Å². The zero-order valence-corrected chi connectivity index (χ0v) is 12.1. The predicted octanol–water partition coefficient (Wildman–Crippen LogP) is 2.67. The van der Waals surface area contributed by atoms with Gasteiger partial charge in [0.05, 0.1) is 4.92 Å². The molecule has 1 aromatic rings. The van der Waals surface area contributed by atoms with E-state index in [-0.39, 0.29) is 16.7 Å². The molecule has 0 aliphatic heterocycles. The Hall–Kier alpha value is -1.24. The van der Waals surface area contributed by atoms with Crippen LogP contribution in [0.4, 0.5) is 11.5 Å². The van der Waals surface area contributed by atoms with Gasteiger partial charge < -0.3 is 5.32 Å². The monoisotopic (exact) mass is 272 g/mol. The summed E-state index contributed by atoms with van der Waals surface area (Å²) in [6.07, 6.45) is 0. The molecule has 0 spiro atoms. The summed E-state index contributed by atoms with van der Waals surface area (Å²) in [6, 6.07) is 0.176. The highest BCUT2D eigenvalue weighted by Gasteiger charge is 2.25. The third-order valence-electron chi connectivity index (χ3n) is 2.53. The van der Waals surface area contributed by atoms with Gasteiger partial charge in [0.15, 0.2) is 0 Å². The highest BCUT2D eigenvalue weighted by Crippen LogP contribution is 2.28. The minimum atomic E-state index is -0.365. The van der Waals surface area contributed by atoms with Crippen molar-refractivity contribution < 1.29 is 4.92 Å². The summed E-state index contributed by atoms with van der Waals surface area (Å²) in [6.45, 7) is 8.33. The van der Waals surface area contributed by atoms with Crippen molar-refractivity contribution in [3.8, 4) is 0 Å². The minimum Gasteiger partial charge on any atom is -0.361 e. The molecule has 1 rings (SSSR count). The van der Waals surface area contributed by atoms with Gasteiger partial charge in [0, 0.05) is 18.3 Å². The summed E-state index contributed by atoms with van der Waals surface area (Å²) in [7, 11) is 0. The van der Waals surface area contributed by atoms with Crippen LogP contribution in [0.3, 0.4) is 0 Å². The molecule has 102 valence electrons. The van der Waals surface area contributed by atoms with Crippen molar-refractivity contribution in [2.24, 2.45) is 0 Å². The van der Waals surface area contributed by atoms with Crippen molar-refractivity contribution in [1.82, 2.24) is 9.78 Å². The molecule has 0 amide bonds. The number of nitro groups is 1. The Morgan fingerprint density at radius 3 is 2.72 bits per heavy atom. The summed E-state index contributed by atoms with van der Waals surface area (Å²) in [4.78, 5) is 10.7. The number of aryl methyl sites for hydroxylation is 2. The second-order valence-electron chi connectivity index (χ2n) is 4.06. The molecular formula is C11H20N4O2S. The Labute approximate surface area is 111 Å². The summed E-state index contributed by atoms with van der Waals surface area (Å²) >= 11 is 1.81. The average Bonchev–Trinajstić information content (AvgIpc) is 2.62. The maximum Gasteiger partial charge on any atom is 0.333 e. The molecule has 0 bridgehead atoms. The molecule has 1 heterocycles. The van der Waals surface area contributed by atoms with Crippen LogP contribution in [0.5, 0.6) is 0 Å². The normalized spacial score (nSPS) is 12.4. The molecule has 0 aliphatic rings. The van der Waals surface area contributed by atoms with Gasteiger partial charge in [-0.2, -0.15) is 16.9 Å². The standard InChI is InChI=1S/C11H20N4O2S/c1-5-14-11(12-8(3)7-18-6-2)10(15(16)17)9(4)13-14/h8,12H,5-7H2,1-4H3. The Kier molecular flexibility index (Phi) is 5.46. The van der Waals surface area contributed by atoms with Gasteiger partial charge in [-0.15, -0.1) is 0 Å². The first-order valence-corrected chi connectivity index (χ1v) is 7.22. The third kappa shape index (κ3) is 3.38. The Bertz CT molecular complexity index is 419. The highest BCUT2D eigenvalue weighted by molar-refractivity contribution is 7.99. The van der Waals surface area contributed by atoms with E-state index in [9.17, 15) is 10.1 Å². The Balaban J connectivity index is 2.94. The van der Waals surface area contributed by atoms with Crippen molar-refractivity contribution in [2.75, 3.05) is 16.8 Å². The molecular weight excluding hydrogens is 252 g/mol. The first-order chi connectivity index (χ1) is 8.51. The minimum absolute atomic E-state index is 0.0881. The second-order valence-corrected chi connectivity index (χ2v) is 5.38.